The zero-order valence-electron chi connectivity index (χ0n) is 10.4. The molecule has 0 aliphatic rings. The van der Waals surface area contributed by atoms with E-state index in [1.54, 1.807) is 12.1 Å². The van der Waals surface area contributed by atoms with Crippen LogP contribution in [0.25, 0.3) is 0 Å². The quantitative estimate of drug-likeness (QED) is 0.753. The van der Waals surface area contributed by atoms with Gasteiger partial charge in [-0.05, 0) is 17.7 Å². The molecule has 0 bridgehead atoms. The molecule has 100 valence electrons. The first-order valence-electron chi connectivity index (χ1n) is 6.00. The van der Waals surface area contributed by atoms with Gasteiger partial charge in [0.15, 0.2) is 5.76 Å². The molecule has 5 heteroatoms. The van der Waals surface area contributed by atoms with E-state index < -0.39 is 6.04 Å². The molecule has 1 amide bonds. The average Bonchev–Trinajstić information content (AvgIpc) is 2.94. The van der Waals surface area contributed by atoms with Gasteiger partial charge in [0.2, 0.25) is 0 Å². The predicted molar refractivity (Wildman–Crippen MR) is 70.3 cm³/mol. The van der Waals surface area contributed by atoms with Gasteiger partial charge in [-0.15, -0.1) is 0 Å². The van der Waals surface area contributed by atoms with Crippen LogP contribution in [0.5, 0.6) is 0 Å². The molecule has 1 aromatic heterocycles. The Hall–Kier alpha value is -2.11. The third-order valence-electron chi connectivity index (χ3n) is 2.78. The minimum absolute atomic E-state index is 0.180. The number of rotatable bonds is 5. The van der Waals surface area contributed by atoms with E-state index >= 15 is 0 Å². The molecule has 19 heavy (non-hydrogen) atoms. The lowest BCUT2D eigenvalue weighted by molar-refractivity contribution is 0.0886. The monoisotopic (exact) mass is 260 g/mol. The molecule has 1 atom stereocenters. The zero-order valence-corrected chi connectivity index (χ0v) is 10.4. The topological polar surface area (TPSA) is 88.5 Å². The van der Waals surface area contributed by atoms with Gasteiger partial charge in [-0.25, -0.2) is 0 Å². The maximum atomic E-state index is 12.0. The van der Waals surface area contributed by atoms with Gasteiger partial charge in [0, 0.05) is 0 Å². The van der Waals surface area contributed by atoms with E-state index in [-0.39, 0.29) is 24.8 Å². The van der Waals surface area contributed by atoms with Crippen LogP contribution in [-0.2, 0) is 6.54 Å². The summed E-state index contributed by atoms with van der Waals surface area (Å²) in [4.78, 5) is 12.0. The molecular formula is C14H16N2O3. The van der Waals surface area contributed by atoms with Crippen LogP contribution in [0.1, 0.15) is 27.9 Å². The van der Waals surface area contributed by atoms with Crippen molar-refractivity contribution in [1.82, 2.24) is 5.32 Å². The number of benzene rings is 1. The number of aliphatic hydroxyl groups is 1. The number of hydrogen-bond acceptors (Lipinski definition) is 4. The summed E-state index contributed by atoms with van der Waals surface area (Å²) in [5, 5.41) is 12.1. The van der Waals surface area contributed by atoms with Crippen molar-refractivity contribution in [2.45, 2.75) is 12.6 Å². The zero-order chi connectivity index (χ0) is 13.7. The number of carbonyl (C=O) groups is 1. The van der Waals surface area contributed by atoms with Crippen LogP contribution in [-0.4, -0.2) is 17.6 Å². The van der Waals surface area contributed by atoms with Crippen LogP contribution in [0.3, 0.4) is 0 Å². The van der Waals surface area contributed by atoms with Crippen molar-refractivity contribution in [1.29, 1.82) is 0 Å². The van der Waals surface area contributed by atoms with Gasteiger partial charge in [-0.1, -0.05) is 30.3 Å². The van der Waals surface area contributed by atoms with Crippen molar-refractivity contribution >= 4 is 5.91 Å². The molecule has 4 N–H and O–H groups in total. The number of hydrogen-bond donors (Lipinski definition) is 3. The molecule has 0 aliphatic carbocycles. The minimum atomic E-state index is -0.458. The summed E-state index contributed by atoms with van der Waals surface area (Å²) in [6.07, 6.45) is 0. The maximum Gasteiger partial charge on any atom is 0.287 e. The highest BCUT2D eigenvalue weighted by atomic mass is 16.4. The van der Waals surface area contributed by atoms with Crippen LogP contribution in [0, 0.1) is 0 Å². The number of nitrogens with one attached hydrogen (secondary N) is 1. The Morgan fingerprint density at radius 1 is 1.26 bits per heavy atom. The number of nitrogens with two attached hydrogens (primary N) is 1. The Kier molecular flexibility index (Phi) is 4.33. The fourth-order valence-corrected chi connectivity index (χ4v) is 1.76. The van der Waals surface area contributed by atoms with E-state index in [2.05, 4.69) is 5.32 Å². The molecule has 0 saturated heterocycles. The molecule has 2 aromatic rings. The highest BCUT2D eigenvalue weighted by Gasteiger charge is 2.17. The van der Waals surface area contributed by atoms with E-state index in [1.807, 2.05) is 30.3 Å². The Morgan fingerprint density at radius 2 is 2.00 bits per heavy atom. The van der Waals surface area contributed by atoms with Crippen LogP contribution in [0.15, 0.2) is 46.9 Å². The van der Waals surface area contributed by atoms with Crippen molar-refractivity contribution in [2.75, 3.05) is 6.61 Å². The van der Waals surface area contributed by atoms with Gasteiger partial charge < -0.3 is 20.6 Å². The molecule has 0 spiro atoms. The maximum absolute atomic E-state index is 12.0. The van der Waals surface area contributed by atoms with Gasteiger partial charge in [-0.2, -0.15) is 0 Å². The molecule has 2 rings (SSSR count). The Balaban J connectivity index is 2.08. The van der Waals surface area contributed by atoms with Crippen LogP contribution in [0.2, 0.25) is 0 Å². The second kappa shape index (κ2) is 6.17. The van der Waals surface area contributed by atoms with Crippen LogP contribution < -0.4 is 11.1 Å². The molecule has 1 unspecified atom stereocenters. The summed E-state index contributed by atoms with van der Waals surface area (Å²) in [6, 6.07) is 12.0. The minimum Gasteiger partial charge on any atom is -0.455 e. The van der Waals surface area contributed by atoms with Gasteiger partial charge in [0.1, 0.15) is 5.76 Å². The standard InChI is InChI=1S/C14H16N2O3/c15-8-11-6-7-13(19-11)14(18)16-12(9-17)10-4-2-1-3-5-10/h1-7,12,17H,8-9,15H2,(H,16,18). The van der Waals surface area contributed by atoms with Gasteiger partial charge >= 0.3 is 0 Å². The summed E-state index contributed by atoms with van der Waals surface area (Å²) < 4.78 is 5.26. The van der Waals surface area contributed by atoms with Crippen LogP contribution >= 0.6 is 0 Å². The first kappa shape index (κ1) is 13.3. The van der Waals surface area contributed by atoms with Crippen molar-refractivity contribution in [3.63, 3.8) is 0 Å². The van der Waals surface area contributed by atoms with Gasteiger partial charge in [-0.3, -0.25) is 4.79 Å². The summed E-state index contributed by atoms with van der Waals surface area (Å²) in [6.45, 7) is 0.0651. The van der Waals surface area contributed by atoms with Crippen molar-refractivity contribution in [3.8, 4) is 0 Å². The van der Waals surface area contributed by atoms with Gasteiger partial charge in [0.25, 0.3) is 5.91 Å². The fraction of sp³-hybridized carbons (Fsp3) is 0.214. The lowest BCUT2D eigenvalue weighted by Crippen LogP contribution is -2.30. The second-order valence-electron chi connectivity index (χ2n) is 4.09. The fourth-order valence-electron chi connectivity index (χ4n) is 1.76. The predicted octanol–water partition coefficient (Wildman–Crippen LogP) is 1.20. The molecular weight excluding hydrogens is 244 g/mol. The summed E-state index contributed by atoms with van der Waals surface area (Å²) in [5.41, 5.74) is 6.25. The summed E-state index contributed by atoms with van der Waals surface area (Å²) in [5.74, 6) is 0.364. The van der Waals surface area contributed by atoms with Crippen molar-refractivity contribution < 1.29 is 14.3 Å². The number of aliphatic hydroxyl groups excluding tert-OH is 1. The van der Waals surface area contributed by atoms with E-state index in [1.165, 1.54) is 0 Å². The molecule has 0 saturated carbocycles. The van der Waals surface area contributed by atoms with Gasteiger partial charge in [0.05, 0.1) is 19.2 Å². The highest BCUT2D eigenvalue weighted by molar-refractivity contribution is 5.91. The van der Waals surface area contributed by atoms with Crippen molar-refractivity contribution in [2.24, 2.45) is 5.73 Å². The molecule has 5 nitrogen and oxygen atoms in total. The lowest BCUT2D eigenvalue weighted by Gasteiger charge is -2.15. The number of amides is 1. The van der Waals surface area contributed by atoms with E-state index in [9.17, 15) is 9.90 Å². The first-order valence-corrected chi connectivity index (χ1v) is 6.00. The molecule has 1 heterocycles. The number of carbonyl (C=O) groups excluding carboxylic acids is 1. The lowest BCUT2D eigenvalue weighted by atomic mass is 10.1. The van der Waals surface area contributed by atoms with Crippen molar-refractivity contribution in [3.05, 3.63) is 59.5 Å². The SMILES string of the molecule is NCc1ccc(C(=O)NC(CO)c2ccccc2)o1. The molecule has 0 fully saturated rings. The van der Waals surface area contributed by atoms with E-state index in [0.717, 1.165) is 5.56 Å². The Morgan fingerprint density at radius 3 is 2.58 bits per heavy atom. The Bertz CT molecular complexity index is 537. The summed E-state index contributed by atoms with van der Waals surface area (Å²) in [7, 11) is 0. The van der Waals surface area contributed by atoms with E-state index in [4.69, 9.17) is 10.2 Å². The number of furan rings is 1. The average molecular weight is 260 g/mol. The normalized spacial score (nSPS) is 12.1. The third-order valence-corrected chi connectivity index (χ3v) is 2.78. The first-order chi connectivity index (χ1) is 9.24. The summed E-state index contributed by atoms with van der Waals surface area (Å²) >= 11 is 0. The largest absolute Gasteiger partial charge is 0.455 e. The third kappa shape index (κ3) is 3.21. The smallest absolute Gasteiger partial charge is 0.287 e. The van der Waals surface area contributed by atoms with E-state index in [0.29, 0.717) is 5.76 Å². The second-order valence-corrected chi connectivity index (χ2v) is 4.09. The van der Waals surface area contributed by atoms with Crippen LogP contribution in [0.4, 0.5) is 0 Å². The Labute approximate surface area is 111 Å². The molecule has 0 aliphatic heterocycles. The highest BCUT2D eigenvalue weighted by Crippen LogP contribution is 2.14. The molecule has 1 aromatic carbocycles. The molecule has 0 radical (unpaired) electrons.